The van der Waals surface area contributed by atoms with Gasteiger partial charge in [0, 0.05) is 13.0 Å². The monoisotopic (exact) mass is 847 g/mol. The molecule has 0 aromatic rings. The number of phosphoric acid groups is 1. The summed E-state index contributed by atoms with van der Waals surface area (Å²) < 4.78 is 34.1. The summed E-state index contributed by atoms with van der Waals surface area (Å²) in [5.41, 5.74) is 0. The van der Waals surface area contributed by atoms with E-state index in [-0.39, 0.29) is 13.0 Å². The maximum absolute atomic E-state index is 12.8. The van der Waals surface area contributed by atoms with Crippen molar-refractivity contribution in [1.82, 2.24) is 0 Å². The summed E-state index contributed by atoms with van der Waals surface area (Å²) >= 11 is 0. The first-order chi connectivity index (χ1) is 28.0. The number of rotatable bonds is 38. The van der Waals surface area contributed by atoms with Gasteiger partial charge in [0.1, 0.15) is 42.7 Å². The summed E-state index contributed by atoms with van der Waals surface area (Å²) in [7, 11) is -5.02. The lowest BCUT2D eigenvalue weighted by Crippen LogP contribution is -2.64. The van der Waals surface area contributed by atoms with Crippen molar-refractivity contribution in [1.29, 1.82) is 0 Å². The van der Waals surface area contributed by atoms with Crippen LogP contribution in [-0.4, -0.2) is 98.9 Å². The molecular weight excluding hydrogens is 763 g/mol. The Morgan fingerprint density at radius 2 is 0.966 bits per heavy atom. The van der Waals surface area contributed by atoms with Crippen molar-refractivity contribution in [2.24, 2.45) is 0 Å². The molecule has 1 aliphatic carbocycles. The van der Waals surface area contributed by atoms with Gasteiger partial charge in [-0.25, -0.2) is 4.57 Å². The van der Waals surface area contributed by atoms with E-state index in [1.54, 1.807) is 0 Å². The molecule has 0 heterocycles. The highest BCUT2D eigenvalue weighted by Gasteiger charge is 2.51. The summed E-state index contributed by atoms with van der Waals surface area (Å²) in [4.78, 5) is 23.1. The molecule has 0 aliphatic heterocycles. The fourth-order valence-corrected chi connectivity index (χ4v) is 7.76. The van der Waals surface area contributed by atoms with Crippen molar-refractivity contribution in [3.05, 3.63) is 36.5 Å². The second-order valence-corrected chi connectivity index (χ2v) is 17.3. The average Bonchev–Trinajstić information content (AvgIpc) is 3.21. The predicted molar refractivity (Wildman–Crippen MR) is 230 cm³/mol. The number of carbonyl (C=O) groups excluding carboxylic acids is 1. The van der Waals surface area contributed by atoms with Crippen molar-refractivity contribution in [3.8, 4) is 0 Å². The molecule has 1 fully saturated rings. The Balaban J connectivity index is 2.39. The molecule has 1 saturated carbocycles. The van der Waals surface area contributed by atoms with Gasteiger partial charge in [-0.1, -0.05) is 140 Å². The van der Waals surface area contributed by atoms with E-state index in [1.807, 2.05) is 0 Å². The van der Waals surface area contributed by atoms with Crippen molar-refractivity contribution in [2.45, 2.75) is 224 Å². The number of carbonyl (C=O) groups is 1. The highest BCUT2D eigenvalue weighted by Crippen LogP contribution is 2.47. The molecule has 13 heteroatoms. The Kier molecular flexibility index (Phi) is 34.1. The number of esters is 1. The minimum atomic E-state index is -5.02. The number of aliphatic hydroxyl groups is 5. The SMILES string of the molecule is CCCCC/C=C\CCCCCCCC(=O)OC(COCCCCCCCCCC/C=C\C/C=C\CCCCCC)COP(=O)(O)OC1C(O)C(O)C(O)C(O)C1O. The lowest BCUT2D eigenvalue weighted by atomic mass is 9.85. The number of allylic oxidation sites excluding steroid dienone is 6. The third kappa shape index (κ3) is 28.2. The molecule has 6 N–H and O–H groups in total. The average molecular weight is 847 g/mol. The van der Waals surface area contributed by atoms with Crippen LogP contribution in [0.1, 0.15) is 181 Å². The number of unbranched alkanes of at least 4 members (excludes halogenated alkanes) is 20. The van der Waals surface area contributed by atoms with E-state index in [9.17, 15) is 39.8 Å². The number of ether oxygens (including phenoxy) is 2. The topological polar surface area (TPSA) is 192 Å². The summed E-state index contributed by atoms with van der Waals surface area (Å²) in [6.45, 7) is 4.19. The lowest BCUT2D eigenvalue weighted by molar-refractivity contribution is -0.220. The zero-order valence-corrected chi connectivity index (χ0v) is 37.0. The first kappa shape index (κ1) is 54.6. The maximum atomic E-state index is 12.8. The standard InChI is InChI=1S/C45H83O12P/c1-3-5-7-9-11-13-15-17-18-19-20-21-22-23-25-27-29-31-33-35-54-36-38(56-39(46)34-32-30-28-26-24-16-14-12-10-8-6-4-2)37-55-58(52,53)57-45-43(50)41(48)40(47)42(49)44(45)51/h12-15,18-19,38,40-45,47-51H,3-11,16-17,20-37H2,1-2H3,(H,52,53)/b14-12-,15-13-,19-18-. The molecule has 0 amide bonds. The predicted octanol–water partition coefficient (Wildman–Crippen LogP) is 9.09. The van der Waals surface area contributed by atoms with Crippen LogP contribution in [0.25, 0.3) is 0 Å². The second-order valence-electron chi connectivity index (χ2n) is 15.9. The first-order valence-electron chi connectivity index (χ1n) is 22.8. The van der Waals surface area contributed by atoms with Crippen molar-refractivity contribution in [3.63, 3.8) is 0 Å². The molecule has 1 aliphatic rings. The molecular formula is C45H83O12P. The third-order valence-corrected chi connectivity index (χ3v) is 11.5. The van der Waals surface area contributed by atoms with Gasteiger partial charge < -0.3 is 39.9 Å². The van der Waals surface area contributed by atoms with Gasteiger partial charge in [0.25, 0.3) is 0 Å². The van der Waals surface area contributed by atoms with E-state index in [4.69, 9.17) is 18.5 Å². The summed E-state index contributed by atoms with van der Waals surface area (Å²) in [5, 5.41) is 50.1. The van der Waals surface area contributed by atoms with Gasteiger partial charge >= 0.3 is 13.8 Å². The second kappa shape index (κ2) is 36.2. The number of hydrogen-bond donors (Lipinski definition) is 6. The highest BCUT2D eigenvalue weighted by atomic mass is 31.2. The first-order valence-corrected chi connectivity index (χ1v) is 24.3. The Morgan fingerprint density at radius 1 is 0.552 bits per heavy atom. The number of hydrogen-bond acceptors (Lipinski definition) is 11. The highest BCUT2D eigenvalue weighted by molar-refractivity contribution is 7.47. The molecule has 340 valence electrons. The van der Waals surface area contributed by atoms with Gasteiger partial charge in [-0.2, -0.15) is 0 Å². The molecule has 0 radical (unpaired) electrons. The smallest absolute Gasteiger partial charge is 0.457 e. The van der Waals surface area contributed by atoms with Gasteiger partial charge in [-0.15, -0.1) is 0 Å². The zero-order valence-electron chi connectivity index (χ0n) is 36.1. The van der Waals surface area contributed by atoms with E-state index >= 15 is 0 Å². The summed E-state index contributed by atoms with van der Waals surface area (Å²) in [6, 6.07) is 0. The Hall–Kier alpha value is -1.44. The van der Waals surface area contributed by atoms with Crippen LogP contribution < -0.4 is 0 Å². The Morgan fingerprint density at radius 3 is 1.50 bits per heavy atom. The molecule has 6 unspecified atom stereocenters. The van der Waals surface area contributed by atoms with Crippen LogP contribution in [0.4, 0.5) is 0 Å². The van der Waals surface area contributed by atoms with Gasteiger partial charge in [0.15, 0.2) is 0 Å². The number of aliphatic hydroxyl groups excluding tert-OH is 5. The fourth-order valence-electron chi connectivity index (χ4n) is 6.79. The van der Waals surface area contributed by atoms with Crippen molar-refractivity contribution >= 4 is 13.8 Å². The molecule has 0 aromatic heterocycles. The zero-order chi connectivity index (χ0) is 42.7. The minimum Gasteiger partial charge on any atom is -0.457 e. The molecule has 0 saturated heterocycles. The van der Waals surface area contributed by atoms with E-state index in [2.05, 4.69) is 50.3 Å². The summed E-state index contributed by atoms with van der Waals surface area (Å²) in [5.74, 6) is -0.490. The van der Waals surface area contributed by atoms with Gasteiger partial charge in [-0.3, -0.25) is 13.8 Å². The van der Waals surface area contributed by atoms with Crippen molar-refractivity contribution in [2.75, 3.05) is 19.8 Å². The fraction of sp³-hybridized carbons (Fsp3) is 0.844. The van der Waals surface area contributed by atoms with E-state index in [0.29, 0.717) is 13.0 Å². The Labute approximate surface area is 351 Å². The van der Waals surface area contributed by atoms with Crippen molar-refractivity contribution < 1.29 is 58.3 Å². The van der Waals surface area contributed by atoms with Crippen LogP contribution in [-0.2, 0) is 27.9 Å². The van der Waals surface area contributed by atoms with Gasteiger partial charge in [-0.05, 0) is 70.6 Å². The molecule has 58 heavy (non-hydrogen) atoms. The van der Waals surface area contributed by atoms with Gasteiger partial charge in [0.05, 0.1) is 13.2 Å². The lowest BCUT2D eigenvalue weighted by Gasteiger charge is -2.41. The molecule has 0 aromatic carbocycles. The largest absolute Gasteiger partial charge is 0.472 e. The summed E-state index contributed by atoms with van der Waals surface area (Å²) in [6.07, 6.45) is 29.3. The van der Waals surface area contributed by atoms with Gasteiger partial charge in [0.2, 0.25) is 0 Å². The minimum absolute atomic E-state index is 0.0835. The van der Waals surface area contributed by atoms with Crippen LogP contribution in [0.5, 0.6) is 0 Å². The maximum Gasteiger partial charge on any atom is 0.472 e. The van der Waals surface area contributed by atoms with Crippen LogP contribution in [0.2, 0.25) is 0 Å². The molecule has 0 spiro atoms. The number of phosphoric ester groups is 1. The third-order valence-electron chi connectivity index (χ3n) is 10.5. The Bertz CT molecular complexity index is 1100. The van der Waals surface area contributed by atoms with Crippen LogP contribution in [0, 0.1) is 0 Å². The normalized spacial score (nSPS) is 23.0. The molecule has 1 rings (SSSR count). The van der Waals surface area contributed by atoms with E-state index < -0.39 is 63.1 Å². The van der Waals surface area contributed by atoms with E-state index in [1.165, 1.54) is 77.0 Å². The molecule has 6 atom stereocenters. The van der Waals surface area contributed by atoms with Crippen LogP contribution >= 0.6 is 7.82 Å². The van der Waals surface area contributed by atoms with Crippen LogP contribution in [0.15, 0.2) is 36.5 Å². The molecule has 12 nitrogen and oxygen atoms in total. The molecule has 0 bridgehead atoms. The van der Waals surface area contributed by atoms with E-state index in [0.717, 1.165) is 77.0 Å². The quantitative estimate of drug-likeness (QED) is 0.0150. The van der Waals surface area contributed by atoms with Crippen LogP contribution in [0.3, 0.4) is 0 Å².